The summed E-state index contributed by atoms with van der Waals surface area (Å²) in [5, 5.41) is 4.47. The van der Waals surface area contributed by atoms with Crippen LogP contribution >= 0.6 is 11.6 Å². The van der Waals surface area contributed by atoms with Crippen LogP contribution in [0, 0.1) is 0 Å². The monoisotopic (exact) mass is 300 g/mol. The van der Waals surface area contributed by atoms with Gasteiger partial charge in [-0.05, 0) is 24.3 Å². The molecule has 1 aromatic heterocycles. The van der Waals surface area contributed by atoms with E-state index < -0.39 is 10.0 Å². The molecule has 0 aliphatic heterocycles. The Kier molecular flexibility index (Phi) is 3.79. The number of nitrogens with zero attached hydrogens (tertiary/aromatic N) is 2. The van der Waals surface area contributed by atoms with Crippen LogP contribution in [0.15, 0.2) is 35.4 Å². The molecule has 0 aliphatic carbocycles. The zero-order valence-electron chi connectivity index (χ0n) is 10.2. The van der Waals surface area contributed by atoms with Gasteiger partial charge in [-0.1, -0.05) is 11.6 Å². The number of hydrogen-bond donors (Lipinski definition) is 2. The second-order valence-corrected chi connectivity index (χ2v) is 6.16. The van der Waals surface area contributed by atoms with E-state index in [9.17, 15) is 8.42 Å². The number of nitrogens with two attached hydrogens (primary N) is 1. The second-order valence-electron chi connectivity index (χ2n) is 3.99. The van der Waals surface area contributed by atoms with Gasteiger partial charge in [-0.3, -0.25) is 4.68 Å². The first-order valence-electron chi connectivity index (χ1n) is 5.42. The molecule has 2 rings (SSSR count). The lowest BCUT2D eigenvalue weighted by molar-refractivity contribution is 0.580. The number of rotatable bonds is 4. The lowest BCUT2D eigenvalue weighted by Crippen LogP contribution is -2.24. The lowest BCUT2D eigenvalue weighted by atomic mass is 10.3. The Hall–Kier alpha value is -1.57. The summed E-state index contributed by atoms with van der Waals surface area (Å²) in [6.45, 7) is 0.102. The molecule has 0 spiro atoms. The summed E-state index contributed by atoms with van der Waals surface area (Å²) < 4.78 is 28.2. The van der Waals surface area contributed by atoms with Gasteiger partial charge in [-0.25, -0.2) is 13.1 Å². The summed E-state index contributed by atoms with van der Waals surface area (Å²) in [5.41, 5.74) is 6.39. The van der Waals surface area contributed by atoms with Crippen LogP contribution in [0.2, 0.25) is 5.02 Å². The van der Waals surface area contributed by atoms with Crippen LogP contribution in [0.4, 0.5) is 5.69 Å². The van der Waals surface area contributed by atoms with E-state index in [1.807, 2.05) is 0 Å². The van der Waals surface area contributed by atoms with Crippen molar-refractivity contribution < 1.29 is 8.42 Å². The van der Waals surface area contributed by atoms with Crippen LogP contribution in [0.25, 0.3) is 0 Å². The first kappa shape index (κ1) is 13.9. The largest absolute Gasteiger partial charge is 0.398 e. The summed E-state index contributed by atoms with van der Waals surface area (Å²) in [4.78, 5) is 0.00725. The fourth-order valence-electron chi connectivity index (χ4n) is 1.57. The molecule has 2 aromatic rings. The Morgan fingerprint density at radius 3 is 2.74 bits per heavy atom. The highest BCUT2D eigenvalue weighted by Crippen LogP contribution is 2.22. The highest BCUT2D eigenvalue weighted by molar-refractivity contribution is 7.89. The summed E-state index contributed by atoms with van der Waals surface area (Å²) >= 11 is 5.73. The zero-order chi connectivity index (χ0) is 14.0. The Balaban J connectivity index is 2.18. The predicted molar refractivity (Wildman–Crippen MR) is 73.1 cm³/mol. The Labute approximate surface area is 116 Å². The summed E-state index contributed by atoms with van der Waals surface area (Å²) in [7, 11) is -1.92. The van der Waals surface area contributed by atoms with E-state index in [1.54, 1.807) is 24.0 Å². The highest BCUT2D eigenvalue weighted by atomic mass is 35.5. The number of anilines is 1. The van der Waals surface area contributed by atoms with Crippen LogP contribution in [0.5, 0.6) is 0 Å². The first-order chi connectivity index (χ1) is 8.88. The summed E-state index contributed by atoms with van der Waals surface area (Å²) in [5.74, 6) is 0. The number of halogens is 1. The van der Waals surface area contributed by atoms with Crippen molar-refractivity contribution in [3.05, 3.63) is 41.2 Å². The fraction of sp³-hybridized carbons (Fsp3) is 0.182. The van der Waals surface area contributed by atoms with Crippen molar-refractivity contribution in [1.82, 2.24) is 14.5 Å². The van der Waals surface area contributed by atoms with Crippen LogP contribution < -0.4 is 10.5 Å². The molecule has 102 valence electrons. The van der Waals surface area contributed by atoms with Crippen molar-refractivity contribution in [2.75, 3.05) is 5.73 Å². The molecular formula is C11H13ClN4O2S. The van der Waals surface area contributed by atoms with Gasteiger partial charge in [0.2, 0.25) is 10.0 Å². The van der Waals surface area contributed by atoms with E-state index in [0.717, 1.165) is 0 Å². The summed E-state index contributed by atoms with van der Waals surface area (Å²) in [6, 6.07) is 5.98. The van der Waals surface area contributed by atoms with Gasteiger partial charge < -0.3 is 5.73 Å². The molecule has 0 unspecified atom stereocenters. The van der Waals surface area contributed by atoms with Crippen molar-refractivity contribution in [1.29, 1.82) is 0 Å². The highest BCUT2D eigenvalue weighted by Gasteiger charge is 2.17. The first-order valence-corrected chi connectivity index (χ1v) is 7.28. The van der Waals surface area contributed by atoms with E-state index in [2.05, 4.69) is 9.82 Å². The van der Waals surface area contributed by atoms with E-state index >= 15 is 0 Å². The molecule has 0 bridgehead atoms. The quantitative estimate of drug-likeness (QED) is 0.828. The number of benzene rings is 1. The van der Waals surface area contributed by atoms with Gasteiger partial charge in [0.15, 0.2) is 0 Å². The minimum Gasteiger partial charge on any atom is -0.398 e. The maximum atomic E-state index is 12.1. The molecule has 1 heterocycles. The average Bonchev–Trinajstić information content (AvgIpc) is 2.72. The van der Waals surface area contributed by atoms with Crippen LogP contribution in [0.3, 0.4) is 0 Å². The van der Waals surface area contributed by atoms with Crippen LogP contribution in [0.1, 0.15) is 5.69 Å². The minimum absolute atomic E-state index is 0.00725. The van der Waals surface area contributed by atoms with Gasteiger partial charge >= 0.3 is 0 Å². The molecule has 6 nitrogen and oxygen atoms in total. The molecule has 0 saturated heterocycles. The van der Waals surface area contributed by atoms with Crippen molar-refractivity contribution >= 4 is 27.3 Å². The second kappa shape index (κ2) is 5.20. The number of nitrogen functional groups attached to an aromatic ring is 1. The SMILES string of the molecule is Cn1ccc(CNS(=O)(=O)c2ccc(Cl)cc2N)n1. The van der Waals surface area contributed by atoms with Crippen molar-refractivity contribution in [2.24, 2.45) is 7.05 Å². The molecule has 0 fully saturated rings. The van der Waals surface area contributed by atoms with Crippen molar-refractivity contribution in [2.45, 2.75) is 11.4 Å². The van der Waals surface area contributed by atoms with E-state index in [0.29, 0.717) is 10.7 Å². The molecule has 0 amide bonds. The topological polar surface area (TPSA) is 90.0 Å². The molecule has 0 radical (unpaired) electrons. The number of aryl methyl sites for hydroxylation is 1. The summed E-state index contributed by atoms with van der Waals surface area (Å²) in [6.07, 6.45) is 1.74. The third-order valence-corrected chi connectivity index (χ3v) is 4.18. The van der Waals surface area contributed by atoms with Crippen molar-refractivity contribution in [3.63, 3.8) is 0 Å². The van der Waals surface area contributed by atoms with Crippen molar-refractivity contribution in [3.8, 4) is 0 Å². The maximum absolute atomic E-state index is 12.1. The number of aromatic nitrogens is 2. The number of nitrogens with one attached hydrogen (secondary N) is 1. The van der Waals surface area contributed by atoms with Gasteiger partial charge in [0.1, 0.15) is 4.90 Å². The smallest absolute Gasteiger partial charge is 0.242 e. The third-order valence-electron chi connectivity index (χ3n) is 2.47. The molecule has 0 atom stereocenters. The maximum Gasteiger partial charge on any atom is 0.242 e. The van der Waals surface area contributed by atoms with Gasteiger partial charge in [0, 0.05) is 18.3 Å². The molecule has 0 saturated carbocycles. The zero-order valence-corrected chi connectivity index (χ0v) is 11.7. The van der Waals surface area contributed by atoms with Gasteiger partial charge in [-0.15, -0.1) is 0 Å². The lowest BCUT2D eigenvalue weighted by Gasteiger charge is -2.08. The molecular weight excluding hydrogens is 288 g/mol. The molecule has 8 heteroatoms. The molecule has 1 aromatic carbocycles. The number of sulfonamides is 1. The Morgan fingerprint density at radius 2 is 2.16 bits per heavy atom. The molecule has 19 heavy (non-hydrogen) atoms. The van der Waals surface area contributed by atoms with Crippen LogP contribution in [-0.2, 0) is 23.6 Å². The fourth-order valence-corrected chi connectivity index (χ4v) is 2.86. The van der Waals surface area contributed by atoms with E-state index in [-0.39, 0.29) is 17.1 Å². The standard InChI is InChI=1S/C11H13ClN4O2S/c1-16-5-4-9(15-16)7-14-19(17,18)11-3-2-8(12)6-10(11)13/h2-6,14H,7,13H2,1H3. The Morgan fingerprint density at radius 1 is 1.42 bits per heavy atom. The number of hydrogen-bond acceptors (Lipinski definition) is 4. The predicted octanol–water partition coefficient (Wildman–Crippen LogP) is 1.13. The Bertz CT molecular complexity index is 696. The average molecular weight is 301 g/mol. The van der Waals surface area contributed by atoms with Gasteiger partial charge in [0.05, 0.1) is 17.9 Å². The molecule has 3 N–H and O–H groups in total. The minimum atomic E-state index is -3.68. The van der Waals surface area contributed by atoms with E-state index in [4.69, 9.17) is 17.3 Å². The third kappa shape index (κ3) is 3.25. The van der Waals surface area contributed by atoms with Gasteiger partial charge in [-0.2, -0.15) is 5.10 Å². The van der Waals surface area contributed by atoms with Gasteiger partial charge in [0.25, 0.3) is 0 Å². The normalized spacial score (nSPS) is 11.7. The van der Waals surface area contributed by atoms with Crippen LogP contribution in [-0.4, -0.2) is 18.2 Å². The van der Waals surface area contributed by atoms with E-state index in [1.165, 1.54) is 18.2 Å². The molecule has 0 aliphatic rings.